The van der Waals surface area contributed by atoms with E-state index >= 15 is 0 Å². The highest BCUT2D eigenvalue weighted by molar-refractivity contribution is 5.93. The predicted molar refractivity (Wildman–Crippen MR) is 112 cm³/mol. The van der Waals surface area contributed by atoms with E-state index in [0.717, 1.165) is 24.1 Å². The van der Waals surface area contributed by atoms with E-state index < -0.39 is 0 Å². The summed E-state index contributed by atoms with van der Waals surface area (Å²) in [5.74, 6) is 0.704. The lowest BCUT2D eigenvalue weighted by Crippen LogP contribution is -2.19. The number of fused-ring (bicyclic) bond motifs is 1. The Balaban J connectivity index is 1.64. The standard InChI is InChI=1S/C21H21N7O2/c1-11-4-7-15(8-12(11)2)27-18-16(10-22-27)20(30)25-21(24-18)28-17(9-13(3)26-28)23-19(29)14-5-6-14/h4,7-10,14H,5-6H2,1-3H3,(H,23,29)(H,24,25,30). The van der Waals surface area contributed by atoms with Gasteiger partial charge in [-0.2, -0.15) is 19.9 Å². The van der Waals surface area contributed by atoms with Crippen molar-refractivity contribution in [2.75, 3.05) is 5.32 Å². The maximum atomic E-state index is 12.7. The Kier molecular flexibility index (Phi) is 4.05. The fourth-order valence-electron chi connectivity index (χ4n) is 3.38. The molecule has 5 rings (SSSR count). The van der Waals surface area contributed by atoms with Crippen molar-refractivity contribution >= 4 is 22.8 Å². The van der Waals surface area contributed by atoms with Crippen LogP contribution in [0.15, 0.2) is 35.3 Å². The molecule has 3 heterocycles. The van der Waals surface area contributed by atoms with Crippen molar-refractivity contribution in [2.45, 2.75) is 33.6 Å². The van der Waals surface area contributed by atoms with Crippen LogP contribution in [0.3, 0.4) is 0 Å². The van der Waals surface area contributed by atoms with Crippen molar-refractivity contribution in [1.29, 1.82) is 0 Å². The molecular formula is C21H21N7O2. The number of carbonyl (C=O) groups excluding carboxylic acids is 1. The number of anilines is 1. The number of benzene rings is 1. The zero-order valence-corrected chi connectivity index (χ0v) is 16.9. The first-order valence-corrected chi connectivity index (χ1v) is 9.84. The van der Waals surface area contributed by atoms with Crippen molar-refractivity contribution in [3.8, 4) is 11.6 Å². The predicted octanol–water partition coefficient (Wildman–Crippen LogP) is 2.57. The molecule has 1 aromatic carbocycles. The first kappa shape index (κ1) is 18.3. The first-order chi connectivity index (χ1) is 14.4. The van der Waals surface area contributed by atoms with Gasteiger partial charge in [0.2, 0.25) is 11.9 Å². The number of aryl methyl sites for hydroxylation is 3. The molecule has 30 heavy (non-hydrogen) atoms. The van der Waals surface area contributed by atoms with E-state index in [1.807, 2.05) is 39.0 Å². The fourth-order valence-corrected chi connectivity index (χ4v) is 3.38. The first-order valence-electron chi connectivity index (χ1n) is 9.84. The molecule has 4 aromatic rings. The lowest BCUT2D eigenvalue weighted by molar-refractivity contribution is -0.117. The Morgan fingerprint density at radius 2 is 1.93 bits per heavy atom. The second kappa shape index (κ2) is 6.65. The normalized spacial score (nSPS) is 13.7. The summed E-state index contributed by atoms with van der Waals surface area (Å²) in [6.45, 7) is 5.88. The van der Waals surface area contributed by atoms with Crippen LogP contribution in [0.4, 0.5) is 5.82 Å². The van der Waals surface area contributed by atoms with Crippen molar-refractivity contribution in [3.63, 3.8) is 0 Å². The minimum atomic E-state index is -0.322. The highest BCUT2D eigenvalue weighted by Crippen LogP contribution is 2.30. The molecule has 1 fully saturated rings. The van der Waals surface area contributed by atoms with Crippen LogP contribution >= 0.6 is 0 Å². The Morgan fingerprint density at radius 1 is 1.13 bits per heavy atom. The number of rotatable bonds is 4. The van der Waals surface area contributed by atoms with E-state index in [4.69, 9.17) is 0 Å². The number of aromatic nitrogens is 6. The number of hydrogen-bond donors (Lipinski definition) is 2. The maximum Gasteiger partial charge on any atom is 0.263 e. The molecule has 0 atom stereocenters. The third kappa shape index (κ3) is 3.08. The average molecular weight is 403 g/mol. The van der Waals surface area contributed by atoms with Crippen LogP contribution in [0.2, 0.25) is 0 Å². The van der Waals surface area contributed by atoms with Crippen LogP contribution < -0.4 is 10.9 Å². The lowest BCUT2D eigenvalue weighted by Gasteiger charge is -2.09. The molecule has 0 unspecified atom stereocenters. The summed E-state index contributed by atoms with van der Waals surface area (Å²) >= 11 is 0. The maximum absolute atomic E-state index is 12.7. The van der Waals surface area contributed by atoms with E-state index in [9.17, 15) is 9.59 Å². The highest BCUT2D eigenvalue weighted by Gasteiger charge is 2.30. The van der Waals surface area contributed by atoms with Crippen LogP contribution in [0.25, 0.3) is 22.7 Å². The summed E-state index contributed by atoms with van der Waals surface area (Å²) in [6.07, 6.45) is 3.30. The molecule has 0 saturated heterocycles. The number of amides is 1. The Hall–Kier alpha value is -3.75. The number of aromatic amines is 1. The van der Waals surface area contributed by atoms with Crippen LogP contribution in [-0.4, -0.2) is 35.4 Å². The molecule has 9 heteroatoms. The Morgan fingerprint density at radius 3 is 2.67 bits per heavy atom. The van der Waals surface area contributed by atoms with Crippen molar-refractivity contribution in [2.24, 2.45) is 5.92 Å². The van der Waals surface area contributed by atoms with E-state index in [0.29, 0.717) is 22.5 Å². The lowest BCUT2D eigenvalue weighted by atomic mass is 10.1. The molecule has 1 amide bonds. The molecule has 0 aliphatic heterocycles. The Labute approximate surface area is 171 Å². The molecule has 3 aromatic heterocycles. The van der Waals surface area contributed by atoms with Gasteiger partial charge in [-0.3, -0.25) is 14.6 Å². The number of nitrogens with zero attached hydrogens (tertiary/aromatic N) is 5. The fraction of sp³-hybridized carbons (Fsp3) is 0.286. The molecule has 152 valence electrons. The SMILES string of the molecule is Cc1cc(NC(=O)C2CC2)n(-c2nc3c(cnn3-c3ccc(C)c(C)c3)c(=O)[nH]2)n1. The number of H-pyrrole nitrogens is 1. The minimum absolute atomic E-state index is 0.0419. The van der Waals surface area contributed by atoms with Gasteiger partial charge in [-0.05, 0) is 56.9 Å². The molecule has 1 aliphatic carbocycles. The summed E-state index contributed by atoms with van der Waals surface area (Å²) in [5, 5.41) is 12.1. The molecule has 2 N–H and O–H groups in total. The zero-order valence-electron chi connectivity index (χ0n) is 16.9. The van der Waals surface area contributed by atoms with Gasteiger partial charge in [-0.15, -0.1) is 0 Å². The minimum Gasteiger partial charge on any atom is -0.310 e. The monoisotopic (exact) mass is 403 g/mol. The van der Waals surface area contributed by atoms with Gasteiger partial charge in [0, 0.05) is 12.0 Å². The van der Waals surface area contributed by atoms with Crippen molar-refractivity contribution in [3.05, 3.63) is 57.6 Å². The van der Waals surface area contributed by atoms with Gasteiger partial charge < -0.3 is 5.32 Å². The largest absolute Gasteiger partial charge is 0.310 e. The average Bonchev–Trinajstić information content (AvgIpc) is 3.37. The second-order valence-corrected chi connectivity index (χ2v) is 7.80. The number of nitrogens with one attached hydrogen (secondary N) is 2. The van der Waals surface area contributed by atoms with Gasteiger partial charge in [0.1, 0.15) is 11.2 Å². The molecule has 1 saturated carbocycles. The van der Waals surface area contributed by atoms with Gasteiger partial charge >= 0.3 is 0 Å². The highest BCUT2D eigenvalue weighted by atomic mass is 16.2. The summed E-state index contributed by atoms with van der Waals surface area (Å²) in [4.78, 5) is 32.3. The van der Waals surface area contributed by atoms with Crippen LogP contribution in [-0.2, 0) is 4.79 Å². The van der Waals surface area contributed by atoms with Gasteiger partial charge in [0.25, 0.3) is 5.56 Å². The molecule has 1 aliphatic rings. The van der Waals surface area contributed by atoms with Crippen LogP contribution in [0, 0.1) is 26.7 Å². The summed E-state index contributed by atoms with van der Waals surface area (Å²) in [7, 11) is 0. The van der Waals surface area contributed by atoms with E-state index in [2.05, 4.69) is 25.5 Å². The third-order valence-corrected chi connectivity index (χ3v) is 5.39. The molecular weight excluding hydrogens is 382 g/mol. The topological polar surface area (TPSA) is 110 Å². The summed E-state index contributed by atoms with van der Waals surface area (Å²) in [5.41, 5.74) is 3.91. The smallest absolute Gasteiger partial charge is 0.263 e. The molecule has 0 bridgehead atoms. The van der Waals surface area contributed by atoms with E-state index in [1.165, 1.54) is 16.4 Å². The van der Waals surface area contributed by atoms with Gasteiger partial charge in [-0.25, -0.2) is 4.68 Å². The van der Waals surface area contributed by atoms with Crippen LogP contribution in [0.5, 0.6) is 0 Å². The quantitative estimate of drug-likeness (QED) is 0.544. The number of carbonyl (C=O) groups is 1. The van der Waals surface area contributed by atoms with Gasteiger partial charge in [-0.1, -0.05) is 6.07 Å². The van der Waals surface area contributed by atoms with Crippen molar-refractivity contribution < 1.29 is 4.79 Å². The molecule has 0 radical (unpaired) electrons. The van der Waals surface area contributed by atoms with Gasteiger partial charge in [0.15, 0.2) is 5.65 Å². The Bertz CT molecular complexity index is 1360. The zero-order chi connectivity index (χ0) is 21.0. The second-order valence-electron chi connectivity index (χ2n) is 7.80. The van der Waals surface area contributed by atoms with Crippen molar-refractivity contribution in [1.82, 2.24) is 29.5 Å². The summed E-state index contributed by atoms with van der Waals surface area (Å²) < 4.78 is 3.09. The molecule has 0 spiro atoms. The van der Waals surface area contributed by atoms with Crippen LogP contribution in [0.1, 0.15) is 29.7 Å². The number of hydrogen-bond acceptors (Lipinski definition) is 5. The summed E-state index contributed by atoms with van der Waals surface area (Å²) in [6, 6.07) is 7.71. The van der Waals surface area contributed by atoms with Gasteiger partial charge in [0.05, 0.1) is 17.6 Å². The third-order valence-electron chi connectivity index (χ3n) is 5.39. The van der Waals surface area contributed by atoms with E-state index in [1.54, 1.807) is 10.7 Å². The van der Waals surface area contributed by atoms with E-state index in [-0.39, 0.29) is 23.3 Å². The molecule has 9 nitrogen and oxygen atoms in total.